The molecule has 1 aliphatic heterocycles. The molecule has 0 amide bonds. The summed E-state index contributed by atoms with van der Waals surface area (Å²) >= 11 is 0. The number of esters is 2. The average molecular weight is 358 g/mol. The van der Waals surface area contributed by atoms with Crippen LogP contribution >= 0.6 is 0 Å². The molecule has 1 saturated heterocycles. The summed E-state index contributed by atoms with van der Waals surface area (Å²) in [6.07, 6.45) is 9.30. The van der Waals surface area contributed by atoms with Crippen LogP contribution in [0, 0.1) is 22.7 Å². The van der Waals surface area contributed by atoms with E-state index in [2.05, 4.69) is 13.8 Å². The third-order valence-corrected chi connectivity index (χ3v) is 7.04. The molecule has 140 valence electrons. The maximum absolute atomic E-state index is 13.2. The van der Waals surface area contributed by atoms with Crippen molar-refractivity contribution in [3.63, 3.8) is 0 Å². The fourth-order valence-electron chi connectivity index (χ4n) is 5.66. The molecule has 0 bridgehead atoms. The van der Waals surface area contributed by atoms with Gasteiger partial charge in [-0.3, -0.25) is 9.59 Å². The predicted octanol–water partition coefficient (Wildman–Crippen LogP) is 4.55. The van der Waals surface area contributed by atoms with Crippen molar-refractivity contribution in [3.8, 4) is 0 Å². The highest BCUT2D eigenvalue weighted by atomic mass is 16.6. The number of rotatable bonds is 2. The van der Waals surface area contributed by atoms with Gasteiger partial charge >= 0.3 is 11.9 Å². The Morgan fingerprint density at radius 2 is 2.15 bits per heavy atom. The first-order valence-corrected chi connectivity index (χ1v) is 9.50. The van der Waals surface area contributed by atoms with E-state index in [4.69, 9.17) is 13.9 Å². The van der Waals surface area contributed by atoms with Gasteiger partial charge in [0.1, 0.15) is 11.9 Å². The van der Waals surface area contributed by atoms with Crippen LogP contribution in [0.5, 0.6) is 0 Å². The topological polar surface area (TPSA) is 65.7 Å². The van der Waals surface area contributed by atoms with Crippen LogP contribution in [0.15, 0.2) is 34.8 Å². The van der Waals surface area contributed by atoms with Crippen molar-refractivity contribution in [3.05, 3.63) is 36.0 Å². The lowest BCUT2D eigenvalue weighted by Gasteiger charge is -2.55. The second-order valence-corrected chi connectivity index (χ2v) is 8.34. The van der Waals surface area contributed by atoms with E-state index in [1.54, 1.807) is 12.5 Å². The number of hydrogen-bond donors (Lipinski definition) is 0. The molecule has 0 aromatic carbocycles. The van der Waals surface area contributed by atoms with E-state index in [1.165, 1.54) is 6.92 Å². The molecule has 5 atom stereocenters. The Bertz CT molecular complexity index is 748. The molecule has 2 aliphatic carbocycles. The SMILES string of the molecule is CC(=O)OC1=CCCC2[C@@]1(C)CC[C@@H](C)[C@]21C[C@H](c2ccoc2)OC1=O. The van der Waals surface area contributed by atoms with Crippen LogP contribution < -0.4 is 0 Å². The van der Waals surface area contributed by atoms with Gasteiger partial charge in [0.2, 0.25) is 0 Å². The fraction of sp³-hybridized carbons (Fsp3) is 0.619. The van der Waals surface area contributed by atoms with Crippen molar-refractivity contribution in [1.82, 2.24) is 0 Å². The van der Waals surface area contributed by atoms with Gasteiger partial charge in [-0.1, -0.05) is 13.8 Å². The molecule has 0 radical (unpaired) electrons. The van der Waals surface area contributed by atoms with E-state index in [0.717, 1.165) is 37.0 Å². The molecule has 4 rings (SSSR count). The zero-order chi connectivity index (χ0) is 18.5. The van der Waals surface area contributed by atoms with E-state index in [1.807, 2.05) is 12.1 Å². The number of ether oxygens (including phenoxy) is 2. The summed E-state index contributed by atoms with van der Waals surface area (Å²) in [6.45, 7) is 5.76. The Balaban J connectivity index is 1.73. The fourth-order valence-corrected chi connectivity index (χ4v) is 5.66. The maximum atomic E-state index is 13.2. The minimum Gasteiger partial charge on any atom is -0.472 e. The van der Waals surface area contributed by atoms with Crippen LogP contribution in [-0.2, 0) is 19.1 Å². The Labute approximate surface area is 153 Å². The summed E-state index contributed by atoms with van der Waals surface area (Å²) in [6, 6.07) is 1.87. The Morgan fingerprint density at radius 1 is 1.35 bits per heavy atom. The van der Waals surface area contributed by atoms with Crippen LogP contribution in [0.4, 0.5) is 0 Å². The van der Waals surface area contributed by atoms with E-state index in [-0.39, 0.29) is 35.3 Å². The zero-order valence-electron chi connectivity index (χ0n) is 15.6. The molecule has 3 aliphatic rings. The van der Waals surface area contributed by atoms with E-state index >= 15 is 0 Å². The van der Waals surface area contributed by atoms with Crippen molar-refractivity contribution in [1.29, 1.82) is 0 Å². The number of carbonyl (C=O) groups is 2. The minimum absolute atomic E-state index is 0.101. The van der Waals surface area contributed by atoms with Crippen molar-refractivity contribution in [2.45, 2.75) is 59.0 Å². The minimum atomic E-state index is -0.533. The number of cyclic esters (lactones) is 1. The number of fused-ring (bicyclic) bond motifs is 2. The molecule has 0 N–H and O–H groups in total. The predicted molar refractivity (Wildman–Crippen MR) is 93.7 cm³/mol. The molecule has 1 unspecified atom stereocenters. The molecular formula is C21H26O5. The van der Waals surface area contributed by atoms with Crippen molar-refractivity contribution in [2.75, 3.05) is 0 Å². The lowest BCUT2D eigenvalue weighted by Crippen LogP contribution is -2.54. The standard InChI is InChI=1S/C21H26O5/c1-13-7-9-20(3)17(5-4-6-18(20)25-14(2)22)21(13)11-16(26-19(21)23)15-8-10-24-12-15/h6,8,10,12-13,16-17H,4-5,7,9,11H2,1-3H3/t13-,16-,17?,20-,21-/m1/s1. The molecule has 1 spiro atoms. The highest BCUT2D eigenvalue weighted by Gasteiger charge is 2.65. The lowest BCUT2D eigenvalue weighted by molar-refractivity contribution is -0.164. The third-order valence-electron chi connectivity index (χ3n) is 7.04. The summed E-state index contributed by atoms with van der Waals surface area (Å²) in [4.78, 5) is 24.8. The maximum Gasteiger partial charge on any atom is 0.313 e. The lowest BCUT2D eigenvalue weighted by atomic mass is 9.47. The van der Waals surface area contributed by atoms with Crippen molar-refractivity contribution >= 4 is 11.9 Å². The second kappa shape index (κ2) is 6.00. The number of hydrogen-bond acceptors (Lipinski definition) is 5. The van der Waals surface area contributed by atoms with Crippen molar-refractivity contribution in [2.24, 2.45) is 22.7 Å². The van der Waals surface area contributed by atoms with Crippen molar-refractivity contribution < 1.29 is 23.5 Å². The second-order valence-electron chi connectivity index (χ2n) is 8.34. The highest BCUT2D eigenvalue weighted by Crippen LogP contribution is 2.65. The molecule has 1 aromatic rings. The van der Waals surface area contributed by atoms with E-state index in [9.17, 15) is 9.59 Å². The third kappa shape index (κ3) is 2.36. The first kappa shape index (κ1) is 17.4. The van der Waals surface area contributed by atoms with Crippen LogP contribution in [0.1, 0.15) is 64.5 Å². The normalized spacial score (nSPS) is 39.3. The molecule has 5 heteroatoms. The average Bonchev–Trinajstić information content (AvgIpc) is 3.22. The van der Waals surface area contributed by atoms with Gasteiger partial charge in [-0.15, -0.1) is 0 Å². The van der Waals surface area contributed by atoms with Crippen LogP contribution in [0.2, 0.25) is 0 Å². The largest absolute Gasteiger partial charge is 0.472 e. The van der Waals surface area contributed by atoms with E-state index < -0.39 is 5.41 Å². The number of furan rings is 1. The van der Waals surface area contributed by atoms with Crippen LogP contribution in [0.25, 0.3) is 0 Å². The molecular weight excluding hydrogens is 332 g/mol. The van der Waals surface area contributed by atoms with Crippen LogP contribution in [-0.4, -0.2) is 11.9 Å². The van der Waals surface area contributed by atoms with E-state index in [0.29, 0.717) is 6.42 Å². The summed E-state index contributed by atoms with van der Waals surface area (Å²) < 4.78 is 16.6. The first-order chi connectivity index (χ1) is 12.4. The molecule has 1 aromatic heterocycles. The number of allylic oxidation sites excluding steroid dienone is 2. The molecule has 26 heavy (non-hydrogen) atoms. The van der Waals surface area contributed by atoms with Crippen LogP contribution in [0.3, 0.4) is 0 Å². The van der Waals surface area contributed by atoms with Gasteiger partial charge in [-0.2, -0.15) is 0 Å². The summed E-state index contributed by atoms with van der Waals surface area (Å²) in [5.41, 5.74) is 0.0799. The highest BCUT2D eigenvalue weighted by molar-refractivity contribution is 5.81. The summed E-state index contributed by atoms with van der Waals surface area (Å²) in [7, 11) is 0. The smallest absolute Gasteiger partial charge is 0.313 e. The molecule has 2 fully saturated rings. The quantitative estimate of drug-likeness (QED) is 0.726. The van der Waals surface area contributed by atoms with Gasteiger partial charge in [0.15, 0.2) is 0 Å². The molecule has 1 saturated carbocycles. The Morgan fingerprint density at radius 3 is 2.85 bits per heavy atom. The summed E-state index contributed by atoms with van der Waals surface area (Å²) in [5, 5.41) is 0. The summed E-state index contributed by atoms with van der Waals surface area (Å²) in [5.74, 6) is 0.698. The van der Waals surface area contributed by atoms with Gasteiger partial charge in [0, 0.05) is 24.3 Å². The molecule has 5 nitrogen and oxygen atoms in total. The molecule has 2 heterocycles. The monoisotopic (exact) mass is 358 g/mol. The van der Waals surface area contributed by atoms with Gasteiger partial charge in [0.25, 0.3) is 0 Å². The Hall–Kier alpha value is -2.04. The Kier molecular flexibility index (Phi) is 4.01. The zero-order valence-corrected chi connectivity index (χ0v) is 15.6. The van der Waals surface area contributed by atoms with Gasteiger partial charge in [-0.25, -0.2) is 0 Å². The van der Waals surface area contributed by atoms with Gasteiger partial charge < -0.3 is 13.9 Å². The number of carbonyl (C=O) groups excluding carboxylic acids is 2. The van der Waals surface area contributed by atoms with Gasteiger partial charge in [-0.05, 0) is 49.7 Å². The van der Waals surface area contributed by atoms with Gasteiger partial charge in [0.05, 0.1) is 17.9 Å². The first-order valence-electron chi connectivity index (χ1n) is 9.50.